The molecule has 2 aromatic heterocycles. The van der Waals surface area contributed by atoms with Crippen LogP contribution in [-0.4, -0.2) is 33.9 Å². The number of nitrogens with one attached hydrogen (secondary N) is 1. The van der Waals surface area contributed by atoms with Gasteiger partial charge >= 0.3 is 5.97 Å². The number of carboxylic acid groups (broad SMARTS) is 1. The number of aromatic nitrogens is 2. The van der Waals surface area contributed by atoms with Crippen molar-refractivity contribution in [3.63, 3.8) is 0 Å². The number of anilines is 1. The number of nitrogens with zero attached hydrogens (tertiary/aromatic N) is 2. The molecule has 8 heteroatoms. The highest BCUT2D eigenvalue weighted by atomic mass is 32.1. The first-order valence-electron chi connectivity index (χ1n) is 9.69. The molecule has 4 rings (SSSR count). The van der Waals surface area contributed by atoms with Gasteiger partial charge in [0.25, 0.3) is 5.91 Å². The van der Waals surface area contributed by atoms with Crippen LogP contribution in [0.25, 0.3) is 10.2 Å². The Hall–Kier alpha value is -2.87. The SMILES string of the molecule is COc1cc(NC(=O)c2cc3c(C)nn(C4CCCCC4)c3s2)ccc1C(=O)O. The molecule has 29 heavy (non-hydrogen) atoms. The lowest BCUT2D eigenvalue weighted by Crippen LogP contribution is -2.14. The molecule has 0 spiro atoms. The van der Waals surface area contributed by atoms with Crippen LogP contribution in [0.3, 0.4) is 0 Å². The zero-order valence-electron chi connectivity index (χ0n) is 16.4. The van der Waals surface area contributed by atoms with Crippen molar-refractivity contribution in [2.75, 3.05) is 12.4 Å². The number of hydrogen-bond donors (Lipinski definition) is 2. The van der Waals surface area contributed by atoms with Gasteiger partial charge in [-0.25, -0.2) is 4.79 Å². The van der Waals surface area contributed by atoms with Gasteiger partial charge in [-0.05, 0) is 38.0 Å². The molecule has 2 N–H and O–H groups in total. The third-order valence-electron chi connectivity index (χ3n) is 5.40. The smallest absolute Gasteiger partial charge is 0.339 e. The van der Waals surface area contributed by atoms with Gasteiger partial charge in [-0.15, -0.1) is 11.3 Å². The molecule has 7 nitrogen and oxygen atoms in total. The van der Waals surface area contributed by atoms with E-state index < -0.39 is 5.97 Å². The number of carbonyl (C=O) groups excluding carboxylic acids is 1. The molecule has 0 saturated heterocycles. The van der Waals surface area contributed by atoms with Crippen molar-refractivity contribution >= 4 is 39.1 Å². The predicted molar refractivity (Wildman–Crippen MR) is 112 cm³/mol. The predicted octanol–water partition coefficient (Wildman–Crippen LogP) is 4.87. The van der Waals surface area contributed by atoms with Gasteiger partial charge in [0.2, 0.25) is 0 Å². The summed E-state index contributed by atoms with van der Waals surface area (Å²) >= 11 is 1.45. The number of rotatable bonds is 5. The van der Waals surface area contributed by atoms with E-state index in [1.807, 2.05) is 13.0 Å². The first-order chi connectivity index (χ1) is 14.0. The fourth-order valence-electron chi connectivity index (χ4n) is 3.90. The molecule has 1 saturated carbocycles. The Morgan fingerprint density at radius 1 is 1.24 bits per heavy atom. The van der Waals surface area contributed by atoms with Crippen molar-refractivity contribution in [2.45, 2.75) is 45.1 Å². The molecule has 1 aliphatic rings. The molecule has 1 amide bonds. The second-order valence-corrected chi connectivity index (χ2v) is 8.36. The Morgan fingerprint density at radius 3 is 2.69 bits per heavy atom. The summed E-state index contributed by atoms with van der Waals surface area (Å²) < 4.78 is 7.23. The average Bonchev–Trinajstić information content (AvgIpc) is 3.29. The third kappa shape index (κ3) is 3.72. The summed E-state index contributed by atoms with van der Waals surface area (Å²) in [5.74, 6) is -1.10. The quantitative estimate of drug-likeness (QED) is 0.622. The van der Waals surface area contributed by atoms with E-state index in [-0.39, 0.29) is 17.2 Å². The van der Waals surface area contributed by atoms with Gasteiger partial charge < -0.3 is 15.2 Å². The van der Waals surface area contributed by atoms with E-state index in [1.54, 1.807) is 6.07 Å². The molecule has 0 atom stereocenters. The zero-order valence-corrected chi connectivity index (χ0v) is 17.2. The van der Waals surface area contributed by atoms with Gasteiger partial charge in [-0.2, -0.15) is 5.10 Å². The molecule has 1 aliphatic carbocycles. The Bertz CT molecular complexity index is 1080. The third-order valence-corrected chi connectivity index (χ3v) is 6.53. The Kier molecular flexibility index (Phi) is 5.27. The first-order valence-corrected chi connectivity index (χ1v) is 10.5. The summed E-state index contributed by atoms with van der Waals surface area (Å²) in [7, 11) is 1.40. The Labute approximate surface area is 172 Å². The molecule has 0 radical (unpaired) electrons. The lowest BCUT2D eigenvalue weighted by Gasteiger charge is -2.22. The minimum Gasteiger partial charge on any atom is -0.496 e. The lowest BCUT2D eigenvalue weighted by molar-refractivity contribution is 0.0693. The van der Waals surface area contributed by atoms with Gasteiger partial charge in [0.05, 0.1) is 23.7 Å². The number of aromatic carboxylic acids is 1. The van der Waals surface area contributed by atoms with Crippen molar-refractivity contribution in [1.82, 2.24) is 9.78 Å². The van der Waals surface area contributed by atoms with Crippen LogP contribution in [0.4, 0.5) is 5.69 Å². The fraction of sp³-hybridized carbons (Fsp3) is 0.381. The summed E-state index contributed by atoms with van der Waals surface area (Å²) in [6.07, 6.45) is 5.98. The summed E-state index contributed by atoms with van der Waals surface area (Å²) in [5.41, 5.74) is 1.48. The average molecular weight is 413 g/mol. The van der Waals surface area contributed by atoms with Crippen molar-refractivity contribution in [3.8, 4) is 5.75 Å². The molecule has 1 fully saturated rings. The molecular formula is C21H23N3O4S. The van der Waals surface area contributed by atoms with Crippen molar-refractivity contribution in [1.29, 1.82) is 0 Å². The number of carbonyl (C=O) groups is 2. The largest absolute Gasteiger partial charge is 0.496 e. The van der Waals surface area contributed by atoms with Crippen LogP contribution in [-0.2, 0) is 0 Å². The van der Waals surface area contributed by atoms with Gasteiger partial charge in [-0.1, -0.05) is 19.3 Å². The molecule has 0 unspecified atom stereocenters. The molecule has 0 aliphatic heterocycles. The summed E-state index contributed by atoms with van der Waals surface area (Å²) in [6.45, 7) is 1.98. The minimum absolute atomic E-state index is 0.0514. The number of aryl methyl sites for hydroxylation is 1. The minimum atomic E-state index is -1.08. The molecule has 3 aromatic rings. The number of carboxylic acids is 1. The maximum Gasteiger partial charge on any atom is 0.339 e. The highest BCUT2D eigenvalue weighted by Gasteiger charge is 2.23. The second kappa shape index (κ2) is 7.87. The van der Waals surface area contributed by atoms with Crippen LogP contribution in [0.15, 0.2) is 24.3 Å². The van der Waals surface area contributed by atoms with Crippen molar-refractivity contribution in [2.24, 2.45) is 0 Å². The normalized spacial score (nSPS) is 14.8. The van der Waals surface area contributed by atoms with Crippen LogP contribution < -0.4 is 10.1 Å². The van der Waals surface area contributed by atoms with Crippen LogP contribution in [0, 0.1) is 6.92 Å². The maximum absolute atomic E-state index is 12.8. The molecule has 1 aromatic carbocycles. The number of thiophene rings is 1. The van der Waals surface area contributed by atoms with E-state index >= 15 is 0 Å². The molecule has 152 valence electrons. The maximum atomic E-state index is 12.8. The number of ether oxygens (including phenoxy) is 1. The van der Waals surface area contributed by atoms with E-state index in [9.17, 15) is 14.7 Å². The lowest BCUT2D eigenvalue weighted by atomic mass is 9.96. The van der Waals surface area contributed by atoms with Crippen LogP contribution in [0.2, 0.25) is 0 Å². The monoisotopic (exact) mass is 413 g/mol. The Morgan fingerprint density at radius 2 is 2.00 bits per heavy atom. The van der Waals surface area contributed by atoms with E-state index in [1.165, 1.54) is 49.8 Å². The number of amides is 1. The van der Waals surface area contributed by atoms with E-state index in [0.29, 0.717) is 16.6 Å². The first kappa shape index (κ1) is 19.4. The highest BCUT2D eigenvalue weighted by molar-refractivity contribution is 7.20. The van der Waals surface area contributed by atoms with Gasteiger partial charge in [0, 0.05) is 17.1 Å². The summed E-state index contributed by atoms with van der Waals surface area (Å²) in [5, 5.41) is 17.8. The Balaban J connectivity index is 1.60. The standard InChI is InChI=1S/C21H23N3O4S/c1-12-16-11-18(29-20(16)24(23-12)14-6-4-3-5-7-14)19(25)22-13-8-9-15(21(26)27)17(10-13)28-2/h8-11,14H,3-7H2,1-2H3,(H,22,25)(H,26,27). The number of benzene rings is 1. The summed E-state index contributed by atoms with van der Waals surface area (Å²) in [4.78, 5) is 25.7. The summed E-state index contributed by atoms with van der Waals surface area (Å²) in [6, 6.07) is 6.80. The molecule has 0 bridgehead atoms. The van der Waals surface area contributed by atoms with Crippen LogP contribution in [0.5, 0.6) is 5.75 Å². The molecule has 2 heterocycles. The number of methoxy groups -OCH3 is 1. The number of hydrogen-bond acceptors (Lipinski definition) is 5. The second-order valence-electron chi connectivity index (χ2n) is 7.33. The highest BCUT2D eigenvalue weighted by Crippen LogP contribution is 2.35. The van der Waals surface area contributed by atoms with Gasteiger partial charge in [0.15, 0.2) is 0 Å². The van der Waals surface area contributed by atoms with Gasteiger partial charge in [0.1, 0.15) is 16.1 Å². The fourth-order valence-corrected chi connectivity index (χ4v) is 5.02. The van der Waals surface area contributed by atoms with Crippen LogP contribution >= 0.6 is 11.3 Å². The van der Waals surface area contributed by atoms with Crippen LogP contribution in [0.1, 0.15) is 63.9 Å². The van der Waals surface area contributed by atoms with Gasteiger partial charge in [-0.3, -0.25) is 9.48 Å². The van der Waals surface area contributed by atoms with E-state index in [2.05, 4.69) is 10.00 Å². The topological polar surface area (TPSA) is 93.5 Å². The van der Waals surface area contributed by atoms with E-state index in [0.717, 1.165) is 28.8 Å². The van der Waals surface area contributed by atoms with Crippen molar-refractivity contribution in [3.05, 3.63) is 40.4 Å². The number of fused-ring (bicyclic) bond motifs is 1. The molecular weight excluding hydrogens is 390 g/mol. The van der Waals surface area contributed by atoms with Crippen molar-refractivity contribution < 1.29 is 19.4 Å². The zero-order chi connectivity index (χ0) is 20.5. The van der Waals surface area contributed by atoms with E-state index in [4.69, 9.17) is 9.84 Å².